The lowest BCUT2D eigenvalue weighted by atomic mass is 10.1. The molecule has 0 radical (unpaired) electrons. The summed E-state index contributed by atoms with van der Waals surface area (Å²) < 4.78 is 0. The molecule has 0 saturated heterocycles. The van der Waals surface area contributed by atoms with Crippen LogP contribution >= 0.6 is 11.3 Å². The number of hydrogen-bond donors (Lipinski definition) is 0. The van der Waals surface area contributed by atoms with E-state index in [0.29, 0.717) is 6.42 Å². The van der Waals surface area contributed by atoms with Gasteiger partial charge in [-0.2, -0.15) is 0 Å². The third kappa shape index (κ3) is 2.19. The van der Waals surface area contributed by atoms with Crippen LogP contribution in [0.2, 0.25) is 0 Å². The number of hydrogen-bond acceptors (Lipinski definition) is 3. The highest BCUT2D eigenvalue weighted by molar-refractivity contribution is 7.10. The lowest BCUT2D eigenvalue weighted by Gasteiger charge is -2.02. The van der Waals surface area contributed by atoms with Crippen LogP contribution in [0.3, 0.4) is 0 Å². The molecule has 0 amide bonds. The van der Waals surface area contributed by atoms with E-state index in [-0.39, 0.29) is 0 Å². The van der Waals surface area contributed by atoms with Gasteiger partial charge in [0.25, 0.3) is 0 Å². The van der Waals surface area contributed by atoms with E-state index >= 15 is 0 Å². The first-order valence-electron chi connectivity index (χ1n) is 5.16. The number of rotatable bonds is 3. The Balaban J connectivity index is 2.34. The molecule has 0 aliphatic carbocycles. The zero-order valence-electron chi connectivity index (χ0n) is 9.36. The van der Waals surface area contributed by atoms with E-state index in [1.807, 2.05) is 5.38 Å². The van der Waals surface area contributed by atoms with Crippen LogP contribution in [0.25, 0.3) is 11.3 Å². The Morgan fingerprint density at radius 3 is 2.81 bits per heavy atom. The van der Waals surface area contributed by atoms with Gasteiger partial charge in [0.1, 0.15) is 11.3 Å². The summed E-state index contributed by atoms with van der Waals surface area (Å²) >= 11 is 1.54. The van der Waals surface area contributed by atoms with Gasteiger partial charge in [0.15, 0.2) is 0 Å². The van der Waals surface area contributed by atoms with Gasteiger partial charge in [-0.15, -0.1) is 11.3 Å². The fourth-order valence-corrected chi connectivity index (χ4v) is 2.26. The third-order valence-electron chi connectivity index (χ3n) is 2.61. The number of carbonyl (C=O) groups excluding carboxylic acids is 1. The molecule has 0 spiro atoms. The molecule has 82 valence electrons. The Bertz CT molecular complexity index is 516. The van der Waals surface area contributed by atoms with Crippen LogP contribution in [0.5, 0.6) is 0 Å². The summed E-state index contributed by atoms with van der Waals surface area (Å²) in [6.07, 6.45) is 1.30. The van der Waals surface area contributed by atoms with Crippen molar-refractivity contribution in [1.29, 1.82) is 0 Å². The maximum Gasteiger partial charge on any atom is 0.126 e. The lowest BCUT2D eigenvalue weighted by Crippen LogP contribution is -1.86. The summed E-state index contributed by atoms with van der Waals surface area (Å²) in [5.41, 5.74) is 4.64. The van der Waals surface area contributed by atoms with Gasteiger partial charge in [0.05, 0.1) is 12.1 Å². The summed E-state index contributed by atoms with van der Waals surface area (Å²) in [5, 5.41) is 2.88. The molecule has 3 heteroatoms. The second kappa shape index (κ2) is 4.58. The normalized spacial score (nSPS) is 10.4. The van der Waals surface area contributed by atoms with Crippen molar-refractivity contribution in [3.05, 3.63) is 39.7 Å². The molecule has 2 aromatic rings. The van der Waals surface area contributed by atoms with Crippen LogP contribution in [0.15, 0.2) is 23.6 Å². The molecule has 0 saturated carbocycles. The van der Waals surface area contributed by atoms with Crippen LogP contribution < -0.4 is 0 Å². The van der Waals surface area contributed by atoms with Gasteiger partial charge in [-0.1, -0.05) is 12.1 Å². The molecule has 0 N–H and O–H groups in total. The summed E-state index contributed by atoms with van der Waals surface area (Å²) in [4.78, 5) is 14.8. The first-order valence-corrected chi connectivity index (χ1v) is 6.04. The van der Waals surface area contributed by atoms with E-state index in [2.05, 4.69) is 37.0 Å². The zero-order valence-corrected chi connectivity index (χ0v) is 10.2. The van der Waals surface area contributed by atoms with E-state index in [1.54, 1.807) is 0 Å². The second-order valence-electron chi connectivity index (χ2n) is 3.80. The number of aldehydes is 1. The van der Waals surface area contributed by atoms with Crippen molar-refractivity contribution in [2.24, 2.45) is 0 Å². The van der Waals surface area contributed by atoms with Crippen molar-refractivity contribution in [2.75, 3.05) is 0 Å². The number of aromatic nitrogens is 1. The molecule has 2 nitrogen and oxygen atoms in total. The molecule has 1 aromatic carbocycles. The van der Waals surface area contributed by atoms with Crippen molar-refractivity contribution in [2.45, 2.75) is 20.3 Å². The number of benzene rings is 1. The average molecular weight is 231 g/mol. The van der Waals surface area contributed by atoms with E-state index in [1.165, 1.54) is 22.5 Å². The summed E-state index contributed by atoms with van der Waals surface area (Å²) in [6.45, 7) is 4.19. The van der Waals surface area contributed by atoms with Crippen LogP contribution in [0.4, 0.5) is 0 Å². The molecule has 0 unspecified atom stereocenters. The molecule has 0 bridgehead atoms. The Morgan fingerprint density at radius 2 is 2.12 bits per heavy atom. The molecule has 1 heterocycles. The highest BCUT2D eigenvalue weighted by Gasteiger charge is 2.05. The molecule has 0 fully saturated rings. The van der Waals surface area contributed by atoms with Crippen molar-refractivity contribution >= 4 is 17.6 Å². The third-order valence-corrected chi connectivity index (χ3v) is 3.48. The van der Waals surface area contributed by atoms with Crippen LogP contribution in [0, 0.1) is 13.8 Å². The quantitative estimate of drug-likeness (QED) is 0.759. The molecule has 2 rings (SSSR count). The second-order valence-corrected chi connectivity index (χ2v) is 4.74. The Morgan fingerprint density at radius 1 is 1.31 bits per heavy atom. The van der Waals surface area contributed by atoms with Crippen molar-refractivity contribution in [3.63, 3.8) is 0 Å². The van der Waals surface area contributed by atoms with Gasteiger partial charge in [-0.25, -0.2) is 4.98 Å². The fourth-order valence-electron chi connectivity index (χ4n) is 1.51. The minimum atomic E-state index is 0.412. The van der Waals surface area contributed by atoms with Gasteiger partial charge in [0, 0.05) is 10.9 Å². The van der Waals surface area contributed by atoms with E-state index < -0.39 is 0 Å². The standard InChI is InChI=1S/C13H13NOS/c1-9-3-4-11(7-10(9)2)12-8-16-13(14-12)5-6-15/h3-4,6-8H,5H2,1-2H3. The maximum atomic E-state index is 10.4. The van der Waals surface area contributed by atoms with E-state index in [9.17, 15) is 4.79 Å². The molecule has 0 aliphatic heterocycles. The van der Waals surface area contributed by atoms with Crippen molar-refractivity contribution in [3.8, 4) is 11.3 Å². The summed E-state index contributed by atoms with van der Waals surface area (Å²) in [6, 6.07) is 6.31. The molecule has 1 aromatic heterocycles. The first kappa shape index (κ1) is 11.0. The van der Waals surface area contributed by atoms with Crippen molar-refractivity contribution < 1.29 is 4.79 Å². The predicted octanol–water partition coefficient (Wildman–Crippen LogP) is 3.17. The van der Waals surface area contributed by atoms with Gasteiger partial charge in [0.2, 0.25) is 0 Å². The number of nitrogens with zero attached hydrogens (tertiary/aromatic N) is 1. The maximum absolute atomic E-state index is 10.4. The smallest absolute Gasteiger partial charge is 0.126 e. The molecular weight excluding hydrogens is 218 g/mol. The lowest BCUT2D eigenvalue weighted by molar-refractivity contribution is -0.107. The topological polar surface area (TPSA) is 30.0 Å². The van der Waals surface area contributed by atoms with Gasteiger partial charge >= 0.3 is 0 Å². The minimum Gasteiger partial charge on any atom is -0.303 e. The van der Waals surface area contributed by atoms with E-state index in [0.717, 1.165) is 22.6 Å². The number of aryl methyl sites for hydroxylation is 2. The van der Waals surface area contributed by atoms with Gasteiger partial charge < -0.3 is 4.79 Å². The number of carbonyl (C=O) groups is 1. The number of thiazole rings is 1. The molecule has 16 heavy (non-hydrogen) atoms. The van der Waals surface area contributed by atoms with E-state index in [4.69, 9.17) is 0 Å². The molecule has 0 aliphatic rings. The monoisotopic (exact) mass is 231 g/mol. The Hall–Kier alpha value is -1.48. The van der Waals surface area contributed by atoms with Crippen LogP contribution in [-0.4, -0.2) is 11.3 Å². The van der Waals surface area contributed by atoms with Crippen LogP contribution in [-0.2, 0) is 11.2 Å². The largest absolute Gasteiger partial charge is 0.303 e. The Kier molecular flexibility index (Phi) is 3.15. The SMILES string of the molecule is Cc1ccc(-c2csc(CC=O)n2)cc1C. The van der Waals surface area contributed by atoms with Crippen molar-refractivity contribution in [1.82, 2.24) is 4.98 Å². The average Bonchev–Trinajstić information content (AvgIpc) is 2.71. The highest BCUT2D eigenvalue weighted by atomic mass is 32.1. The summed E-state index contributed by atoms with van der Waals surface area (Å²) in [7, 11) is 0. The molecule has 0 atom stereocenters. The first-order chi connectivity index (χ1) is 7.70. The van der Waals surface area contributed by atoms with Crippen LogP contribution in [0.1, 0.15) is 16.1 Å². The highest BCUT2D eigenvalue weighted by Crippen LogP contribution is 2.23. The minimum absolute atomic E-state index is 0.412. The molecular formula is C13H13NOS. The predicted molar refractivity (Wildman–Crippen MR) is 66.8 cm³/mol. The van der Waals surface area contributed by atoms with Gasteiger partial charge in [-0.05, 0) is 31.0 Å². The van der Waals surface area contributed by atoms with Gasteiger partial charge in [-0.3, -0.25) is 0 Å². The summed E-state index contributed by atoms with van der Waals surface area (Å²) in [5.74, 6) is 0. The fraction of sp³-hybridized carbons (Fsp3) is 0.231. The zero-order chi connectivity index (χ0) is 11.5. The Labute approximate surface area is 99.0 Å².